The molecule has 2 amide bonds. The number of ether oxygens (including phenoxy) is 2. The van der Waals surface area contributed by atoms with Crippen LogP contribution in [0, 0.1) is 11.6 Å². The summed E-state index contributed by atoms with van der Waals surface area (Å²) in [5, 5.41) is 12.8. The van der Waals surface area contributed by atoms with Gasteiger partial charge < -0.3 is 30.2 Å². The lowest BCUT2D eigenvalue weighted by Gasteiger charge is -2.31. The number of carbonyl (C=O) groups excluding carboxylic acids is 2. The first-order chi connectivity index (χ1) is 16.8. The van der Waals surface area contributed by atoms with E-state index in [1.807, 2.05) is 0 Å². The van der Waals surface area contributed by atoms with Crippen molar-refractivity contribution in [2.45, 2.75) is 13.1 Å². The van der Waals surface area contributed by atoms with E-state index in [4.69, 9.17) is 9.47 Å². The minimum Gasteiger partial charge on any atom is -0.502 e. The van der Waals surface area contributed by atoms with Gasteiger partial charge in [0, 0.05) is 30.9 Å². The van der Waals surface area contributed by atoms with Crippen molar-refractivity contribution in [2.24, 2.45) is 0 Å². The number of aromatic nitrogens is 1. The monoisotopic (exact) mass is 484 g/mol. The average molecular weight is 484 g/mol. The zero-order chi connectivity index (χ0) is 24.7. The van der Waals surface area contributed by atoms with Gasteiger partial charge in [-0.15, -0.1) is 0 Å². The average Bonchev–Trinajstić information content (AvgIpc) is 3.30. The molecule has 0 atom stereocenters. The largest absolute Gasteiger partial charge is 0.502 e. The molecule has 0 fully saturated rings. The van der Waals surface area contributed by atoms with Gasteiger partial charge in [-0.2, -0.15) is 0 Å². The molecule has 0 saturated carbocycles. The third kappa shape index (κ3) is 4.09. The Kier molecular flexibility index (Phi) is 5.47. The highest BCUT2D eigenvalue weighted by molar-refractivity contribution is 5.99. The van der Waals surface area contributed by atoms with Gasteiger partial charge in [0.05, 0.1) is 0 Å². The molecule has 10 nitrogen and oxygen atoms in total. The van der Waals surface area contributed by atoms with Crippen LogP contribution in [0.2, 0.25) is 0 Å². The second-order valence-corrected chi connectivity index (χ2v) is 7.86. The number of nitrogens with one attached hydrogen (secondary N) is 2. The summed E-state index contributed by atoms with van der Waals surface area (Å²) in [6, 6.07) is 8.09. The fraction of sp³-hybridized carbons (Fsp3) is 0.174. The predicted octanol–water partition coefficient (Wildman–Crippen LogP) is 1.65. The Labute approximate surface area is 196 Å². The number of nitrogens with zero attached hydrogens (tertiary/aromatic N) is 2. The zero-order valence-corrected chi connectivity index (χ0v) is 18.0. The topological polar surface area (TPSA) is 122 Å². The molecule has 0 unspecified atom stereocenters. The number of hydrogen-bond acceptors (Lipinski definition) is 7. The Hall–Kier alpha value is -4.61. The standard InChI is InChI=1S/C23H18F2N4O6/c24-14-3-2-13(16(25)6-14)7-26-22(32)15-9-29-19(21(31)20(15)30)23(33)28(10-27-29)8-12-1-4-17-18(5-12)35-11-34-17/h1-6,9,27,31H,7-8,10-11H2,(H,26,32). The molecule has 1 aromatic heterocycles. The summed E-state index contributed by atoms with van der Waals surface area (Å²) < 4.78 is 38.6. The number of carbonyl (C=O) groups is 2. The van der Waals surface area contributed by atoms with Crippen LogP contribution in [-0.2, 0) is 13.1 Å². The molecular weight excluding hydrogens is 466 g/mol. The van der Waals surface area contributed by atoms with E-state index in [2.05, 4.69) is 10.7 Å². The van der Waals surface area contributed by atoms with Crippen LogP contribution < -0.4 is 25.6 Å². The smallest absolute Gasteiger partial charge is 0.278 e. The second-order valence-electron chi connectivity index (χ2n) is 7.86. The fourth-order valence-corrected chi connectivity index (χ4v) is 3.80. The van der Waals surface area contributed by atoms with Crippen molar-refractivity contribution in [1.82, 2.24) is 14.9 Å². The number of halogens is 2. The minimum atomic E-state index is -1.06. The molecule has 0 bridgehead atoms. The van der Waals surface area contributed by atoms with Gasteiger partial charge in [-0.1, -0.05) is 12.1 Å². The first-order valence-corrected chi connectivity index (χ1v) is 10.4. The molecule has 0 spiro atoms. The van der Waals surface area contributed by atoms with E-state index in [-0.39, 0.29) is 37.8 Å². The Morgan fingerprint density at radius 1 is 1.11 bits per heavy atom. The van der Waals surface area contributed by atoms with E-state index in [0.29, 0.717) is 17.6 Å². The molecule has 3 N–H and O–H groups in total. The summed E-state index contributed by atoms with van der Waals surface area (Å²) >= 11 is 0. The van der Waals surface area contributed by atoms with Crippen molar-refractivity contribution < 1.29 is 33.0 Å². The van der Waals surface area contributed by atoms with Crippen molar-refractivity contribution in [3.8, 4) is 17.2 Å². The van der Waals surface area contributed by atoms with E-state index in [1.54, 1.807) is 18.2 Å². The summed E-state index contributed by atoms with van der Waals surface area (Å²) in [6.45, 7) is -0.0313. The van der Waals surface area contributed by atoms with Crippen molar-refractivity contribution >= 4 is 11.8 Å². The van der Waals surface area contributed by atoms with Crippen molar-refractivity contribution in [3.63, 3.8) is 0 Å². The van der Waals surface area contributed by atoms with Gasteiger partial charge in [0.1, 0.15) is 23.9 Å². The van der Waals surface area contributed by atoms with E-state index in [1.165, 1.54) is 4.90 Å². The van der Waals surface area contributed by atoms with Crippen LogP contribution in [0.25, 0.3) is 0 Å². The lowest BCUT2D eigenvalue weighted by atomic mass is 10.1. The summed E-state index contributed by atoms with van der Waals surface area (Å²) in [5.41, 5.74) is 1.75. The molecule has 5 rings (SSSR count). The Morgan fingerprint density at radius 2 is 1.91 bits per heavy atom. The van der Waals surface area contributed by atoms with E-state index >= 15 is 0 Å². The molecular formula is C23H18F2N4O6. The number of hydrogen-bond donors (Lipinski definition) is 3. The van der Waals surface area contributed by atoms with Gasteiger partial charge in [0.2, 0.25) is 12.2 Å². The Balaban J connectivity index is 1.34. The quantitative estimate of drug-likeness (QED) is 0.503. The van der Waals surface area contributed by atoms with E-state index in [0.717, 1.165) is 28.6 Å². The molecule has 3 aromatic rings. The predicted molar refractivity (Wildman–Crippen MR) is 117 cm³/mol. The molecule has 3 heterocycles. The van der Waals surface area contributed by atoms with Crippen LogP contribution in [-0.4, -0.2) is 40.0 Å². The normalized spacial score (nSPS) is 13.9. The maximum Gasteiger partial charge on any atom is 0.278 e. The molecule has 2 aromatic carbocycles. The maximum absolute atomic E-state index is 13.8. The third-order valence-electron chi connectivity index (χ3n) is 5.61. The molecule has 0 saturated heterocycles. The fourth-order valence-electron chi connectivity index (χ4n) is 3.80. The molecule has 2 aliphatic rings. The van der Waals surface area contributed by atoms with Crippen LogP contribution >= 0.6 is 0 Å². The van der Waals surface area contributed by atoms with Crippen LogP contribution in [0.4, 0.5) is 8.78 Å². The lowest BCUT2D eigenvalue weighted by molar-refractivity contribution is 0.0707. The van der Waals surface area contributed by atoms with Gasteiger partial charge in [0.25, 0.3) is 11.8 Å². The van der Waals surface area contributed by atoms with Crippen LogP contribution in [0.5, 0.6) is 17.2 Å². The van der Waals surface area contributed by atoms with Gasteiger partial charge in [-0.05, 0) is 23.8 Å². The van der Waals surface area contributed by atoms with Gasteiger partial charge >= 0.3 is 0 Å². The van der Waals surface area contributed by atoms with Crippen LogP contribution in [0.15, 0.2) is 47.4 Å². The molecule has 12 heteroatoms. The molecule has 2 aliphatic heterocycles. The second kappa shape index (κ2) is 8.63. The Morgan fingerprint density at radius 3 is 2.71 bits per heavy atom. The van der Waals surface area contributed by atoms with Crippen LogP contribution in [0.1, 0.15) is 32.0 Å². The summed E-state index contributed by atoms with van der Waals surface area (Å²) in [5.74, 6) is -2.91. The molecule has 35 heavy (non-hydrogen) atoms. The summed E-state index contributed by atoms with van der Waals surface area (Å²) in [4.78, 5) is 39.6. The number of rotatable bonds is 5. The first kappa shape index (κ1) is 22.2. The number of amides is 2. The van der Waals surface area contributed by atoms with Gasteiger partial charge in [-0.25, -0.2) is 8.78 Å². The highest BCUT2D eigenvalue weighted by Gasteiger charge is 2.31. The van der Waals surface area contributed by atoms with Crippen molar-refractivity contribution in [2.75, 3.05) is 18.9 Å². The van der Waals surface area contributed by atoms with Gasteiger partial charge in [0.15, 0.2) is 22.9 Å². The van der Waals surface area contributed by atoms with E-state index in [9.17, 15) is 28.3 Å². The first-order valence-electron chi connectivity index (χ1n) is 10.4. The highest BCUT2D eigenvalue weighted by atomic mass is 19.1. The van der Waals surface area contributed by atoms with E-state index < -0.39 is 40.2 Å². The Bertz CT molecular complexity index is 1420. The molecule has 180 valence electrons. The lowest BCUT2D eigenvalue weighted by Crippen LogP contribution is -2.46. The van der Waals surface area contributed by atoms with Gasteiger partial charge in [-0.3, -0.25) is 19.1 Å². The number of benzene rings is 2. The molecule has 0 radical (unpaired) electrons. The molecule has 0 aliphatic carbocycles. The van der Waals surface area contributed by atoms with Crippen molar-refractivity contribution in [3.05, 3.63) is 86.8 Å². The highest BCUT2D eigenvalue weighted by Crippen LogP contribution is 2.33. The number of fused-ring (bicyclic) bond motifs is 2. The maximum atomic E-state index is 13.8. The number of pyridine rings is 1. The summed E-state index contributed by atoms with van der Waals surface area (Å²) in [7, 11) is 0. The number of aromatic hydroxyl groups is 1. The zero-order valence-electron chi connectivity index (χ0n) is 18.0. The third-order valence-corrected chi connectivity index (χ3v) is 5.61. The SMILES string of the molecule is O=C(NCc1ccc(F)cc1F)c1cn2c(c(O)c1=O)C(=O)N(Cc1ccc3c(c1)OCO3)CN2. The summed E-state index contributed by atoms with van der Waals surface area (Å²) in [6.07, 6.45) is 1.09. The van der Waals surface area contributed by atoms with Crippen LogP contribution in [0.3, 0.4) is 0 Å². The minimum absolute atomic E-state index is 0.00879. The van der Waals surface area contributed by atoms with Crippen molar-refractivity contribution in [1.29, 1.82) is 0 Å².